The van der Waals surface area contributed by atoms with Crippen LogP contribution < -0.4 is 5.32 Å². The van der Waals surface area contributed by atoms with Crippen molar-refractivity contribution < 1.29 is 8.42 Å². The number of sulfone groups is 1. The van der Waals surface area contributed by atoms with Gasteiger partial charge in [0.2, 0.25) is 0 Å². The van der Waals surface area contributed by atoms with E-state index in [1.807, 2.05) is 7.05 Å². The summed E-state index contributed by atoms with van der Waals surface area (Å²) in [6.45, 7) is 0. The highest BCUT2D eigenvalue weighted by Gasteiger charge is 2.36. The molecule has 0 aromatic rings. The van der Waals surface area contributed by atoms with Crippen molar-refractivity contribution in [1.29, 1.82) is 0 Å². The van der Waals surface area contributed by atoms with Crippen LogP contribution in [0.4, 0.5) is 0 Å². The number of nitrogens with one attached hydrogen (secondary N) is 1. The van der Waals surface area contributed by atoms with E-state index in [4.69, 9.17) is 0 Å². The zero-order chi connectivity index (χ0) is 13.2. The van der Waals surface area contributed by atoms with Gasteiger partial charge in [0.25, 0.3) is 0 Å². The van der Waals surface area contributed by atoms with Crippen LogP contribution in [0.5, 0.6) is 0 Å². The molecule has 1 N–H and O–H groups in total. The standard InChI is InChI=1S/C13H25NO2S2/c1-14-13(12-7-4-8-17-12)10-5-3-6-11(9-10)18(2,15)16/h10-14H,3-9H2,1-2H3. The predicted molar refractivity (Wildman–Crippen MR) is 78.9 cm³/mol. The first-order valence-corrected chi connectivity index (χ1v) is 10.0. The molecule has 3 nitrogen and oxygen atoms in total. The summed E-state index contributed by atoms with van der Waals surface area (Å²) < 4.78 is 23.5. The van der Waals surface area contributed by atoms with Crippen molar-refractivity contribution in [2.24, 2.45) is 5.92 Å². The van der Waals surface area contributed by atoms with Crippen LogP contribution in [0.25, 0.3) is 0 Å². The molecule has 1 aliphatic carbocycles. The van der Waals surface area contributed by atoms with E-state index in [9.17, 15) is 8.42 Å². The third kappa shape index (κ3) is 3.42. The molecular weight excluding hydrogens is 266 g/mol. The predicted octanol–water partition coefficient (Wildman–Crippen LogP) is 2.07. The Balaban J connectivity index is 2.02. The van der Waals surface area contributed by atoms with Crippen molar-refractivity contribution in [2.75, 3.05) is 19.1 Å². The van der Waals surface area contributed by atoms with Gasteiger partial charge in [0, 0.05) is 17.5 Å². The maximum absolute atomic E-state index is 11.7. The highest BCUT2D eigenvalue weighted by atomic mass is 32.2. The quantitative estimate of drug-likeness (QED) is 0.861. The zero-order valence-corrected chi connectivity index (χ0v) is 13.0. The highest BCUT2D eigenvalue weighted by Crippen LogP contribution is 2.37. The molecule has 5 heteroatoms. The summed E-state index contributed by atoms with van der Waals surface area (Å²) in [7, 11) is -0.823. The molecule has 0 amide bonds. The van der Waals surface area contributed by atoms with Crippen LogP contribution in [-0.4, -0.2) is 44.0 Å². The molecule has 4 unspecified atom stereocenters. The Morgan fingerprint density at radius 2 is 2.00 bits per heavy atom. The third-order valence-corrected chi connectivity index (χ3v) is 7.60. The normalized spacial score (nSPS) is 35.6. The minimum atomic E-state index is -2.86. The van der Waals surface area contributed by atoms with Gasteiger partial charge in [0.1, 0.15) is 9.84 Å². The Morgan fingerprint density at radius 1 is 1.22 bits per heavy atom. The van der Waals surface area contributed by atoms with E-state index in [2.05, 4.69) is 17.1 Å². The second kappa shape index (κ2) is 6.14. The lowest BCUT2D eigenvalue weighted by Crippen LogP contribution is -2.44. The van der Waals surface area contributed by atoms with Crippen LogP contribution in [-0.2, 0) is 9.84 Å². The number of thioether (sulfide) groups is 1. The van der Waals surface area contributed by atoms with Gasteiger partial charge in [-0.1, -0.05) is 6.42 Å². The fourth-order valence-corrected chi connectivity index (χ4v) is 6.23. The largest absolute Gasteiger partial charge is 0.316 e. The van der Waals surface area contributed by atoms with E-state index in [1.54, 1.807) is 0 Å². The molecule has 0 bridgehead atoms. The van der Waals surface area contributed by atoms with Crippen LogP contribution in [0.3, 0.4) is 0 Å². The van der Waals surface area contributed by atoms with E-state index in [1.165, 1.54) is 31.3 Å². The number of hydrogen-bond donors (Lipinski definition) is 1. The van der Waals surface area contributed by atoms with Crippen molar-refractivity contribution in [1.82, 2.24) is 5.32 Å². The van der Waals surface area contributed by atoms with E-state index < -0.39 is 9.84 Å². The molecule has 1 heterocycles. The van der Waals surface area contributed by atoms with Gasteiger partial charge in [-0.25, -0.2) is 8.42 Å². The topological polar surface area (TPSA) is 46.2 Å². The van der Waals surface area contributed by atoms with Crippen LogP contribution in [0.1, 0.15) is 38.5 Å². The molecule has 0 radical (unpaired) electrons. The van der Waals surface area contributed by atoms with Crippen molar-refractivity contribution in [3.63, 3.8) is 0 Å². The molecular formula is C13H25NO2S2. The van der Waals surface area contributed by atoms with Gasteiger partial charge in [0.05, 0.1) is 5.25 Å². The maximum Gasteiger partial charge on any atom is 0.150 e. The smallest absolute Gasteiger partial charge is 0.150 e. The Morgan fingerprint density at radius 3 is 2.56 bits per heavy atom. The van der Waals surface area contributed by atoms with Gasteiger partial charge >= 0.3 is 0 Å². The molecule has 106 valence electrons. The summed E-state index contributed by atoms with van der Waals surface area (Å²) in [6.07, 6.45) is 7.99. The average Bonchev–Trinajstić information content (AvgIpc) is 2.83. The van der Waals surface area contributed by atoms with Crippen molar-refractivity contribution in [2.45, 2.75) is 55.1 Å². The summed E-state index contributed by atoms with van der Waals surface area (Å²) in [6, 6.07) is 0.502. The third-order valence-electron chi connectivity index (χ3n) is 4.48. The van der Waals surface area contributed by atoms with Gasteiger partial charge in [-0.05, 0) is 50.8 Å². The van der Waals surface area contributed by atoms with E-state index in [0.29, 0.717) is 17.2 Å². The van der Waals surface area contributed by atoms with Crippen LogP contribution in [0.15, 0.2) is 0 Å². The highest BCUT2D eigenvalue weighted by molar-refractivity contribution is 8.00. The number of hydrogen-bond acceptors (Lipinski definition) is 4. The van der Waals surface area contributed by atoms with Crippen LogP contribution in [0.2, 0.25) is 0 Å². The molecule has 2 rings (SSSR count). The lowest BCUT2D eigenvalue weighted by molar-refractivity contribution is 0.272. The minimum absolute atomic E-state index is 0.0986. The van der Waals surface area contributed by atoms with E-state index >= 15 is 0 Å². The summed E-state index contributed by atoms with van der Waals surface area (Å²) in [5.74, 6) is 1.81. The Kier molecular flexibility index (Phi) is 5.00. The van der Waals surface area contributed by atoms with Crippen molar-refractivity contribution >= 4 is 21.6 Å². The fraction of sp³-hybridized carbons (Fsp3) is 1.00. The Bertz CT molecular complexity index is 363. The number of rotatable bonds is 4. The van der Waals surface area contributed by atoms with Gasteiger partial charge in [-0.3, -0.25) is 0 Å². The first-order chi connectivity index (χ1) is 8.52. The molecule has 1 saturated carbocycles. The van der Waals surface area contributed by atoms with Crippen molar-refractivity contribution in [3.05, 3.63) is 0 Å². The average molecular weight is 291 g/mol. The zero-order valence-electron chi connectivity index (χ0n) is 11.4. The first kappa shape index (κ1) is 14.7. The second-order valence-corrected chi connectivity index (χ2v) is 9.42. The molecule has 1 saturated heterocycles. The van der Waals surface area contributed by atoms with Crippen LogP contribution >= 0.6 is 11.8 Å². The van der Waals surface area contributed by atoms with Crippen LogP contribution in [0, 0.1) is 5.92 Å². The summed E-state index contributed by atoms with van der Waals surface area (Å²) in [5.41, 5.74) is 0. The molecule has 0 aromatic heterocycles. The molecule has 2 fully saturated rings. The van der Waals surface area contributed by atoms with Gasteiger partial charge in [-0.15, -0.1) is 0 Å². The molecule has 4 atom stereocenters. The fourth-order valence-electron chi connectivity index (χ4n) is 3.51. The summed E-state index contributed by atoms with van der Waals surface area (Å²) >= 11 is 2.07. The molecule has 0 aromatic carbocycles. The lowest BCUT2D eigenvalue weighted by atomic mass is 9.81. The monoisotopic (exact) mass is 291 g/mol. The van der Waals surface area contributed by atoms with E-state index in [-0.39, 0.29) is 5.25 Å². The Labute approximate surface area is 115 Å². The van der Waals surface area contributed by atoms with Gasteiger partial charge < -0.3 is 5.32 Å². The van der Waals surface area contributed by atoms with Crippen molar-refractivity contribution in [3.8, 4) is 0 Å². The van der Waals surface area contributed by atoms with Gasteiger partial charge in [0.15, 0.2) is 0 Å². The minimum Gasteiger partial charge on any atom is -0.316 e. The second-order valence-electron chi connectivity index (χ2n) is 5.74. The Hall–Kier alpha value is 0.260. The van der Waals surface area contributed by atoms with E-state index in [0.717, 1.165) is 19.3 Å². The molecule has 2 aliphatic rings. The molecule has 1 aliphatic heterocycles. The SMILES string of the molecule is CNC(C1CCCC(S(C)(=O)=O)C1)C1CCCS1. The summed E-state index contributed by atoms with van der Waals surface area (Å²) in [4.78, 5) is 0. The molecule has 0 spiro atoms. The summed E-state index contributed by atoms with van der Waals surface area (Å²) in [5, 5.41) is 4.06. The lowest BCUT2D eigenvalue weighted by Gasteiger charge is -2.36. The van der Waals surface area contributed by atoms with Gasteiger partial charge in [-0.2, -0.15) is 11.8 Å². The molecule has 18 heavy (non-hydrogen) atoms. The maximum atomic E-state index is 11.7. The first-order valence-electron chi connectivity index (χ1n) is 7.00.